The first-order chi connectivity index (χ1) is 16.1. The molecular weight excluding hydrogens is 449 g/mol. The zero-order valence-corrected chi connectivity index (χ0v) is 22.0. The molecule has 34 heavy (non-hydrogen) atoms. The Bertz CT molecular complexity index is 1210. The van der Waals surface area contributed by atoms with Gasteiger partial charge < -0.3 is 14.2 Å². The third kappa shape index (κ3) is 4.15. The first-order valence-corrected chi connectivity index (χ1v) is 12.8. The molecule has 1 aromatic carbocycles. The normalized spacial score (nSPS) is 13.9. The number of aryl methyl sites for hydroxylation is 1. The van der Waals surface area contributed by atoms with Crippen molar-refractivity contribution in [1.82, 2.24) is 14.5 Å². The molecule has 0 bridgehead atoms. The maximum absolute atomic E-state index is 16.3. The van der Waals surface area contributed by atoms with E-state index in [1.165, 1.54) is 0 Å². The Kier molecular flexibility index (Phi) is 6.60. The lowest BCUT2D eigenvalue weighted by atomic mass is 9.89. The van der Waals surface area contributed by atoms with Gasteiger partial charge in [-0.15, -0.1) is 11.3 Å². The van der Waals surface area contributed by atoms with E-state index in [4.69, 9.17) is 9.72 Å². The molecule has 3 aromatic rings. The Hall–Kier alpha value is -2.67. The quantitative estimate of drug-likeness (QED) is 0.405. The Labute approximate surface area is 205 Å². The second-order valence-electron chi connectivity index (χ2n) is 10.2. The number of methoxy groups -OCH3 is 1. The molecule has 1 amide bonds. The third-order valence-electron chi connectivity index (χ3n) is 6.94. The highest BCUT2D eigenvalue weighted by Gasteiger charge is 2.35. The fourth-order valence-electron chi connectivity index (χ4n) is 4.40. The number of hydrogen-bond donors (Lipinski definition) is 0. The van der Waals surface area contributed by atoms with Crippen LogP contribution in [-0.2, 0) is 19.4 Å². The fourth-order valence-corrected chi connectivity index (χ4v) is 5.11. The van der Waals surface area contributed by atoms with E-state index in [1.807, 2.05) is 48.9 Å². The van der Waals surface area contributed by atoms with E-state index in [-0.39, 0.29) is 17.3 Å². The number of hydrogen-bond acceptors (Lipinski definition) is 4. The Morgan fingerprint density at radius 2 is 2.12 bits per heavy atom. The number of imidazole rings is 1. The van der Waals surface area contributed by atoms with Crippen LogP contribution in [0.25, 0.3) is 21.8 Å². The first kappa shape index (κ1) is 24.5. The van der Waals surface area contributed by atoms with Gasteiger partial charge in [-0.25, -0.2) is 9.37 Å². The number of halogens is 1. The number of nitrogens with zero attached hydrogens (tertiary/aromatic N) is 3. The van der Waals surface area contributed by atoms with Crippen molar-refractivity contribution < 1.29 is 13.9 Å². The highest BCUT2D eigenvalue weighted by atomic mass is 32.1. The van der Waals surface area contributed by atoms with Crippen molar-refractivity contribution >= 4 is 17.2 Å². The minimum absolute atomic E-state index is 0.159. The molecule has 1 aliphatic heterocycles. The van der Waals surface area contributed by atoms with Crippen LogP contribution in [0.5, 0.6) is 5.75 Å². The number of carbonyl (C=O) groups excluding carboxylic acids is 1. The molecule has 5 nitrogen and oxygen atoms in total. The largest absolute Gasteiger partial charge is 0.496 e. The summed E-state index contributed by atoms with van der Waals surface area (Å²) in [5, 5.41) is 1.98. The molecule has 0 N–H and O–H groups in total. The van der Waals surface area contributed by atoms with Gasteiger partial charge in [0.25, 0.3) is 5.91 Å². The molecule has 0 spiro atoms. The second kappa shape index (κ2) is 9.17. The lowest BCUT2D eigenvalue weighted by Crippen LogP contribution is -2.43. The molecule has 7 heteroatoms. The lowest BCUT2D eigenvalue weighted by molar-refractivity contribution is 0.0638. The lowest BCUT2D eigenvalue weighted by Gasteiger charge is -2.32. The van der Waals surface area contributed by atoms with Gasteiger partial charge in [0.2, 0.25) is 0 Å². The van der Waals surface area contributed by atoms with Gasteiger partial charge in [0.15, 0.2) is 5.82 Å². The van der Waals surface area contributed by atoms with E-state index < -0.39 is 0 Å². The molecule has 4 rings (SSSR count). The van der Waals surface area contributed by atoms with Crippen molar-refractivity contribution in [3.8, 4) is 27.6 Å². The van der Waals surface area contributed by atoms with E-state index in [9.17, 15) is 4.79 Å². The Morgan fingerprint density at radius 3 is 2.71 bits per heavy atom. The predicted octanol–water partition coefficient (Wildman–Crippen LogP) is 6.44. The monoisotopic (exact) mass is 483 g/mol. The number of fused-ring (bicyclic) bond motifs is 3. The number of amides is 1. The molecule has 0 saturated heterocycles. The van der Waals surface area contributed by atoms with Gasteiger partial charge in [0.1, 0.15) is 17.3 Å². The van der Waals surface area contributed by atoms with Gasteiger partial charge in [-0.05, 0) is 62.6 Å². The summed E-state index contributed by atoms with van der Waals surface area (Å²) in [7, 11) is 3.39. The summed E-state index contributed by atoms with van der Waals surface area (Å²) in [5.74, 6) is 0.876. The van der Waals surface area contributed by atoms with Crippen LogP contribution in [-0.4, -0.2) is 40.1 Å². The SMILES string of the molecule is CCC(C)Cc1c(OC)cc2c(c1F)-c1c(-c3cccs3)nc(C(=O)N(C)C(C)(C)C)n1CC2. The minimum atomic E-state index is -0.360. The number of aromatic nitrogens is 2. The van der Waals surface area contributed by atoms with Gasteiger partial charge in [-0.1, -0.05) is 26.3 Å². The standard InChI is InChI=1S/C27H34FN3O2S/c1-8-16(2)14-18-19(33-7)15-17-11-12-31-24(21(17)22(18)28)23(20-10-9-13-34-20)29-25(31)26(32)30(6)27(3,4)5/h9-10,13,15-16H,8,11-12,14H2,1-7H3. The number of rotatable bonds is 6. The van der Waals surface area contributed by atoms with Crippen LogP contribution >= 0.6 is 11.3 Å². The fraction of sp³-hybridized carbons (Fsp3) is 0.481. The van der Waals surface area contributed by atoms with E-state index in [2.05, 4.69) is 13.8 Å². The summed E-state index contributed by atoms with van der Waals surface area (Å²) in [6.45, 7) is 10.8. The summed E-state index contributed by atoms with van der Waals surface area (Å²) >= 11 is 1.55. The van der Waals surface area contributed by atoms with Crippen LogP contribution in [0.1, 0.15) is 62.8 Å². The Morgan fingerprint density at radius 1 is 1.38 bits per heavy atom. The van der Waals surface area contributed by atoms with Crippen LogP contribution in [0.2, 0.25) is 0 Å². The van der Waals surface area contributed by atoms with Crippen molar-refractivity contribution in [2.75, 3.05) is 14.2 Å². The van der Waals surface area contributed by atoms with Gasteiger partial charge in [0, 0.05) is 30.3 Å². The van der Waals surface area contributed by atoms with Crippen LogP contribution in [0.15, 0.2) is 23.6 Å². The molecule has 0 radical (unpaired) electrons. The van der Waals surface area contributed by atoms with Crippen LogP contribution in [0, 0.1) is 11.7 Å². The second-order valence-corrected chi connectivity index (χ2v) is 11.1. The molecule has 1 unspecified atom stereocenters. The van der Waals surface area contributed by atoms with Crippen LogP contribution in [0.3, 0.4) is 0 Å². The minimum Gasteiger partial charge on any atom is -0.496 e. The highest BCUT2D eigenvalue weighted by molar-refractivity contribution is 7.13. The first-order valence-electron chi connectivity index (χ1n) is 11.9. The van der Waals surface area contributed by atoms with Crippen molar-refractivity contribution in [2.45, 2.75) is 66.0 Å². The van der Waals surface area contributed by atoms with Gasteiger partial charge in [-0.3, -0.25) is 4.79 Å². The molecular formula is C27H34FN3O2S. The molecule has 1 aliphatic rings. The highest BCUT2D eigenvalue weighted by Crippen LogP contribution is 2.44. The zero-order valence-electron chi connectivity index (χ0n) is 21.2. The molecule has 1 atom stereocenters. The third-order valence-corrected chi connectivity index (χ3v) is 7.82. The smallest absolute Gasteiger partial charge is 0.290 e. The van der Waals surface area contributed by atoms with Crippen molar-refractivity contribution in [2.24, 2.45) is 5.92 Å². The molecule has 182 valence electrons. The molecule has 0 fully saturated rings. The maximum atomic E-state index is 16.3. The zero-order chi connectivity index (χ0) is 24.8. The van der Waals surface area contributed by atoms with Crippen LogP contribution in [0.4, 0.5) is 4.39 Å². The molecule has 0 aliphatic carbocycles. The summed E-state index contributed by atoms with van der Waals surface area (Å²) < 4.78 is 23.9. The van der Waals surface area contributed by atoms with Crippen molar-refractivity contribution in [1.29, 1.82) is 0 Å². The van der Waals surface area contributed by atoms with E-state index in [0.717, 1.165) is 16.9 Å². The maximum Gasteiger partial charge on any atom is 0.290 e. The summed E-state index contributed by atoms with van der Waals surface area (Å²) in [5.41, 5.74) is 3.05. The topological polar surface area (TPSA) is 47.4 Å². The predicted molar refractivity (Wildman–Crippen MR) is 136 cm³/mol. The van der Waals surface area contributed by atoms with Crippen molar-refractivity contribution in [3.05, 3.63) is 46.3 Å². The Balaban J connectivity index is 1.98. The van der Waals surface area contributed by atoms with E-state index >= 15 is 4.39 Å². The average molecular weight is 484 g/mol. The summed E-state index contributed by atoms with van der Waals surface area (Å²) in [6.07, 6.45) is 2.16. The van der Waals surface area contributed by atoms with Crippen LogP contribution < -0.4 is 4.74 Å². The number of carbonyl (C=O) groups is 1. The van der Waals surface area contributed by atoms with Gasteiger partial charge in [0.05, 0.1) is 17.7 Å². The molecule has 0 saturated carbocycles. The molecule has 3 heterocycles. The van der Waals surface area contributed by atoms with Crippen molar-refractivity contribution in [3.63, 3.8) is 0 Å². The number of benzene rings is 1. The number of ether oxygens (including phenoxy) is 1. The average Bonchev–Trinajstić information content (AvgIpc) is 3.46. The van der Waals surface area contributed by atoms with E-state index in [0.29, 0.717) is 59.4 Å². The number of thiophene rings is 1. The molecule has 2 aromatic heterocycles. The van der Waals surface area contributed by atoms with Gasteiger partial charge in [-0.2, -0.15) is 0 Å². The summed E-state index contributed by atoms with van der Waals surface area (Å²) in [4.78, 5) is 21.0. The van der Waals surface area contributed by atoms with Gasteiger partial charge >= 0.3 is 0 Å². The van der Waals surface area contributed by atoms with E-state index in [1.54, 1.807) is 30.4 Å². The summed E-state index contributed by atoms with van der Waals surface area (Å²) in [6, 6.07) is 5.91.